The van der Waals surface area contributed by atoms with E-state index in [-0.39, 0.29) is 35.2 Å². The summed E-state index contributed by atoms with van der Waals surface area (Å²) < 4.78 is 11.5. The predicted molar refractivity (Wildman–Crippen MR) is 85.8 cm³/mol. The maximum atomic E-state index is 12.8. The Kier molecular flexibility index (Phi) is 3.24. The zero-order valence-corrected chi connectivity index (χ0v) is 15.0. The van der Waals surface area contributed by atoms with Crippen molar-refractivity contribution in [3.05, 3.63) is 0 Å². The Labute approximate surface area is 143 Å². The van der Waals surface area contributed by atoms with Crippen molar-refractivity contribution in [2.24, 2.45) is 29.1 Å². The summed E-state index contributed by atoms with van der Waals surface area (Å²) in [5.41, 5.74) is -2.11. The monoisotopic (exact) mass is 336 g/mol. The molecule has 4 aliphatic rings. The largest absolute Gasteiger partial charge is 0.462 e. The summed E-state index contributed by atoms with van der Waals surface area (Å²) in [7, 11) is 0. The van der Waals surface area contributed by atoms with Crippen LogP contribution in [-0.4, -0.2) is 34.4 Å². The van der Waals surface area contributed by atoms with Gasteiger partial charge in [0.1, 0.15) is 11.7 Å². The van der Waals surface area contributed by atoms with E-state index in [9.17, 15) is 14.7 Å². The number of aliphatic hydroxyl groups is 1. The topological polar surface area (TPSA) is 72.8 Å². The minimum absolute atomic E-state index is 0.00714. The van der Waals surface area contributed by atoms with E-state index in [1.165, 1.54) is 0 Å². The number of carbonyl (C=O) groups is 2. The summed E-state index contributed by atoms with van der Waals surface area (Å²) in [6.07, 6.45) is 2.94. The smallest absolute Gasteiger partial charge is 0.338 e. The van der Waals surface area contributed by atoms with Crippen LogP contribution in [0.3, 0.4) is 0 Å². The highest BCUT2D eigenvalue weighted by molar-refractivity contribution is 5.80. The molecule has 0 aromatic carbocycles. The second-order valence-corrected chi connectivity index (χ2v) is 9.67. The van der Waals surface area contributed by atoms with Gasteiger partial charge in [-0.05, 0) is 37.0 Å². The van der Waals surface area contributed by atoms with Gasteiger partial charge < -0.3 is 14.6 Å². The van der Waals surface area contributed by atoms with E-state index in [0.29, 0.717) is 25.2 Å². The Morgan fingerprint density at radius 2 is 2.08 bits per heavy atom. The molecule has 24 heavy (non-hydrogen) atoms. The van der Waals surface area contributed by atoms with Gasteiger partial charge in [-0.15, -0.1) is 0 Å². The van der Waals surface area contributed by atoms with Crippen molar-refractivity contribution in [3.8, 4) is 0 Å². The van der Waals surface area contributed by atoms with Gasteiger partial charge in [0.15, 0.2) is 5.60 Å². The lowest BCUT2D eigenvalue weighted by atomic mass is 9.63. The van der Waals surface area contributed by atoms with Crippen LogP contribution in [0.25, 0.3) is 0 Å². The highest BCUT2D eigenvalue weighted by Crippen LogP contribution is 2.70. The molecule has 7 atom stereocenters. The van der Waals surface area contributed by atoms with E-state index >= 15 is 0 Å². The van der Waals surface area contributed by atoms with Gasteiger partial charge in [-0.25, -0.2) is 4.79 Å². The van der Waals surface area contributed by atoms with Gasteiger partial charge in [0.25, 0.3) is 0 Å². The quantitative estimate of drug-likeness (QED) is 0.798. The van der Waals surface area contributed by atoms with E-state index in [2.05, 4.69) is 0 Å². The first-order valence-electron chi connectivity index (χ1n) is 9.25. The summed E-state index contributed by atoms with van der Waals surface area (Å²) in [6.45, 7) is 7.86. The van der Waals surface area contributed by atoms with Crippen LogP contribution in [0.2, 0.25) is 0 Å². The lowest BCUT2D eigenvalue weighted by molar-refractivity contribution is -0.209. The van der Waals surface area contributed by atoms with E-state index in [1.807, 2.05) is 27.7 Å². The molecule has 5 nitrogen and oxygen atoms in total. The molecule has 0 amide bonds. The van der Waals surface area contributed by atoms with Crippen LogP contribution in [-0.2, 0) is 19.1 Å². The van der Waals surface area contributed by atoms with Crippen LogP contribution in [0.5, 0.6) is 0 Å². The van der Waals surface area contributed by atoms with Crippen molar-refractivity contribution in [1.29, 1.82) is 0 Å². The van der Waals surface area contributed by atoms with Crippen LogP contribution in [0, 0.1) is 29.1 Å². The average molecular weight is 336 g/mol. The fourth-order valence-electron chi connectivity index (χ4n) is 6.05. The zero-order valence-electron chi connectivity index (χ0n) is 15.0. The fourth-order valence-corrected chi connectivity index (χ4v) is 6.05. The molecule has 0 aromatic heterocycles. The molecule has 0 spiro atoms. The Morgan fingerprint density at radius 3 is 2.71 bits per heavy atom. The lowest BCUT2D eigenvalue weighted by Crippen LogP contribution is -2.56. The van der Waals surface area contributed by atoms with Crippen molar-refractivity contribution in [3.63, 3.8) is 0 Å². The molecule has 1 saturated heterocycles. The van der Waals surface area contributed by atoms with Gasteiger partial charge in [0.05, 0.1) is 5.92 Å². The molecule has 7 unspecified atom stereocenters. The van der Waals surface area contributed by atoms with Crippen molar-refractivity contribution in [2.75, 3.05) is 0 Å². The number of rotatable bonds is 4. The maximum absolute atomic E-state index is 12.8. The molecule has 1 heterocycles. The fraction of sp³-hybridized carbons (Fsp3) is 0.895. The third-order valence-corrected chi connectivity index (χ3v) is 6.79. The summed E-state index contributed by atoms with van der Waals surface area (Å²) in [4.78, 5) is 24.8. The van der Waals surface area contributed by atoms with Crippen LogP contribution in [0.15, 0.2) is 0 Å². The molecule has 3 saturated carbocycles. The van der Waals surface area contributed by atoms with E-state index in [4.69, 9.17) is 9.47 Å². The first kappa shape index (κ1) is 16.4. The normalized spacial score (nSPS) is 44.5. The standard InChI is InChI=1S/C19H28O5/c1-5-18(22,9-17(2,3)4)16(21)24-19-7-10-6-11-13(14(10)19)12(8-19)23-15(11)20/h10-14,22H,5-9H2,1-4H3. The predicted octanol–water partition coefficient (Wildman–Crippen LogP) is 2.45. The van der Waals surface area contributed by atoms with Crippen molar-refractivity contribution < 1.29 is 24.2 Å². The molecule has 0 bridgehead atoms. The van der Waals surface area contributed by atoms with Crippen molar-refractivity contribution >= 4 is 11.9 Å². The Morgan fingerprint density at radius 1 is 1.38 bits per heavy atom. The number of esters is 2. The highest BCUT2D eigenvalue weighted by Gasteiger charge is 2.75. The van der Waals surface area contributed by atoms with Crippen molar-refractivity contribution in [1.82, 2.24) is 0 Å². The maximum Gasteiger partial charge on any atom is 0.338 e. The Hall–Kier alpha value is -1.10. The first-order valence-corrected chi connectivity index (χ1v) is 9.25. The van der Waals surface area contributed by atoms with Crippen LogP contribution in [0.1, 0.15) is 59.8 Å². The lowest BCUT2D eigenvalue weighted by Gasteiger charge is -2.49. The third-order valence-electron chi connectivity index (χ3n) is 6.79. The Balaban J connectivity index is 1.52. The zero-order chi connectivity index (χ0) is 17.5. The molecule has 0 radical (unpaired) electrons. The first-order chi connectivity index (χ1) is 11.1. The number of hydrogen-bond donors (Lipinski definition) is 1. The number of ether oxygens (including phenoxy) is 2. The third kappa shape index (κ3) is 2.09. The van der Waals surface area contributed by atoms with Gasteiger partial charge >= 0.3 is 11.9 Å². The highest BCUT2D eigenvalue weighted by atomic mass is 16.6. The molecule has 5 heteroatoms. The molecule has 4 fully saturated rings. The average Bonchev–Trinajstić information content (AvgIpc) is 2.99. The van der Waals surface area contributed by atoms with E-state index in [0.717, 1.165) is 12.8 Å². The van der Waals surface area contributed by atoms with Gasteiger partial charge in [-0.2, -0.15) is 0 Å². The second kappa shape index (κ2) is 4.75. The van der Waals surface area contributed by atoms with E-state index < -0.39 is 17.2 Å². The summed E-state index contributed by atoms with van der Waals surface area (Å²) >= 11 is 0. The van der Waals surface area contributed by atoms with E-state index in [1.54, 1.807) is 0 Å². The summed E-state index contributed by atoms with van der Waals surface area (Å²) in [5.74, 6) is 0.404. The molecule has 3 aliphatic carbocycles. The summed E-state index contributed by atoms with van der Waals surface area (Å²) in [6, 6.07) is 0. The number of carbonyl (C=O) groups excluding carboxylic acids is 2. The van der Waals surface area contributed by atoms with Crippen LogP contribution < -0.4 is 0 Å². The molecular weight excluding hydrogens is 308 g/mol. The van der Waals surface area contributed by atoms with Gasteiger partial charge in [0, 0.05) is 18.3 Å². The Bertz CT molecular complexity index is 593. The SMILES string of the molecule is CCC(O)(CC(C)(C)C)C(=O)OC12CC3CC4C(=O)OC(C1)C4C32. The number of hydrogen-bond acceptors (Lipinski definition) is 5. The minimum atomic E-state index is -1.44. The molecule has 4 rings (SSSR count). The van der Waals surface area contributed by atoms with Gasteiger partial charge in [-0.1, -0.05) is 27.7 Å². The minimum Gasteiger partial charge on any atom is -0.462 e. The molecule has 1 aliphatic heterocycles. The molecular formula is C19H28O5. The van der Waals surface area contributed by atoms with Gasteiger partial charge in [0.2, 0.25) is 0 Å². The van der Waals surface area contributed by atoms with Crippen molar-refractivity contribution in [2.45, 2.75) is 77.1 Å². The molecule has 1 N–H and O–H groups in total. The molecule has 134 valence electrons. The second-order valence-electron chi connectivity index (χ2n) is 9.67. The van der Waals surface area contributed by atoms with Crippen LogP contribution >= 0.6 is 0 Å². The van der Waals surface area contributed by atoms with Crippen LogP contribution in [0.4, 0.5) is 0 Å². The van der Waals surface area contributed by atoms with Gasteiger partial charge in [-0.3, -0.25) is 4.79 Å². The summed E-state index contributed by atoms with van der Waals surface area (Å²) in [5, 5.41) is 10.9. The molecule has 0 aromatic rings.